The summed E-state index contributed by atoms with van der Waals surface area (Å²) in [6.07, 6.45) is 1.60. The molecule has 1 saturated heterocycles. The van der Waals surface area contributed by atoms with Gasteiger partial charge in [-0.25, -0.2) is 9.37 Å². The van der Waals surface area contributed by atoms with Crippen LogP contribution in [0.4, 0.5) is 4.39 Å². The van der Waals surface area contributed by atoms with Gasteiger partial charge in [0.25, 0.3) is 5.91 Å². The largest absolute Gasteiger partial charge is 0.342 e. The van der Waals surface area contributed by atoms with E-state index in [2.05, 4.69) is 9.97 Å². The van der Waals surface area contributed by atoms with E-state index in [9.17, 15) is 9.18 Å². The summed E-state index contributed by atoms with van der Waals surface area (Å²) < 4.78 is 13.3. The number of carbonyl (C=O) groups is 1. The standard InChI is InChI=1S/C19H16Cl2FN3O/c20-14-3-1-12(9-15(14)21)19(26)25-7-5-11(6-8-25)18-23-16-4-2-13(22)10-17(16)24-18/h1-4,9-11H,5-8H2,(H,23,24). The SMILES string of the molecule is O=C(c1ccc(Cl)c(Cl)c1)N1CCC(c2nc3ccc(F)cc3[nH]2)CC1. The molecule has 0 aliphatic carbocycles. The number of nitrogens with one attached hydrogen (secondary N) is 1. The lowest BCUT2D eigenvalue weighted by Gasteiger charge is -2.31. The van der Waals surface area contributed by atoms with Crippen molar-refractivity contribution < 1.29 is 9.18 Å². The number of aromatic nitrogens is 2. The molecular formula is C19H16Cl2FN3O. The van der Waals surface area contributed by atoms with Crippen molar-refractivity contribution in [2.45, 2.75) is 18.8 Å². The van der Waals surface area contributed by atoms with Crippen LogP contribution in [0.2, 0.25) is 10.0 Å². The van der Waals surface area contributed by atoms with Gasteiger partial charge < -0.3 is 9.88 Å². The van der Waals surface area contributed by atoms with Gasteiger partial charge in [-0.3, -0.25) is 4.79 Å². The first-order valence-electron chi connectivity index (χ1n) is 8.41. The number of carbonyl (C=O) groups excluding carboxylic acids is 1. The number of aromatic amines is 1. The molecule has 0 radical (unpaired) electrons. The maximum Gasteiger partial charge on any atom is 0.253 e. The Balaban J connectivity index is 1.46. The van der Waals surface area contributed by atoms with Crippen LogP contribution in [0.5, 0.6) is 0 Å². The molecule has 1 fully saturated rings. The monoisotopic (exact) mass is 391 g/mol. The molecule has 4 rings (SSSR count). The zero-order valence-electron chi connectivity index (χ0n) is 13.8. The van der Waals surface area contributed by atoms with Crippen LogP contribution in [-0.4, -0.2) is 33.9 Å². The highest BCUT2D eigenvalue weighted by Crippen LogP contribution is 2.29. The van der Waals surface area contributed by atoms with Crippen LogP contribution in [0.15, 0.2) is 36.4 Å². The molecule has 0 bridgehead atoms. The van der Waals surface area contributed by atoms with Crippen molar-refractivity contribution in [1.82, 2.24) is 14.9 Å². The number of imidazole rings is 1. The fourth-order valence-electron chi connectivity index (χ4n) is 3.36. The summed E-state index contributed by atoms with van der Waals surface area (Å²) in [6.45, 7) is 1.27. The molecule has 1 N–H and O–H groups in total. The first-order valence-corrected chi connectivity index (χ1v) is 9.16. The number of nitrogens with zero attached hydrogens (tertiary/aromatic N) is 2. The molecule has 1 aliphatic rings. The summed E-state index contributed by atoms with van der Waals surface area (Å²) in [5, 5.41) is 0.810. The Kier molecular flexibility index (Phi) is 4.59. The van der Waals surface area contributed by atoms with Gasteiger partial charge in [-0.15, -0.1) is 0 Å². The summed E-state index contributed by atoms with van der Waals surface area (Å²) in [4.78, 5) is 22.2. The highest BCUT2D eigenvalue weighted by atomic mass is 35.5. The molecule has 2 aromatic carbocycles. The van der Waals surface area contributed by atoms with E-state index in [1.807, 2.05) is 4.90 Å². The van der Waals surface area contributed by atoms with Gasteiger partial charge in [0.1, 0.15) is 11.6 Å². The minimum atomic E-state index is -0.283. The normalized spacial score (nSPS) is 15.6. The number of hydrogen-bond acceptors (Lipinski definition) is 2. The van der Waals surface area contributed by atoms with Gasteiger partial charge in [0.2, 0.25) is 0 Å². The minimum absolute atomic E-state index is 0.0475. The lowest BCUT2D eigenvalue weighted by Crippen LogP contribution is -2.38. The second-order valence-corrected chi connectivity index (χ2v) is 7.29. The van der Waals surface area contributed by atoms with Gasteiger partial charge in [0.05, 0.1) is 21.1 Å². The Bertz CT molecular complexity index is 980. The number of H-pyrrole nitrogens is 1. The van der Waals surface area contributed by atoms with Crippen LogP contribution < -0.4 is 0 Å². The maximum atomic E-state index is 13.3. The molecule has 0 atom stereocenters. The smallest absolute Gasteiger partial charge is 0.253 e. The van der Waals surface area contributed by atoms with Crippen LogP contribution in [0, 0.1) is 5.82 Å². The minimum Gasteiger partial charge on any atom is -0.342 e. The first-order chi connectivity index (χ1) is 12.5. The molecule has 7 heteroatoms. The molecule has 2 heterocycles. The van der Waals surface area contributed by atoms with E-state index in [0.717, 1.165) is 24.2 Å². The molecule has 3 aromatic rings. The number of rotatable bonds is 2. The topological polar surface area (TPSA) is 49.0 Å². The third-order valence-electron chi connectivity index (χ3n) is 4.80. The van der Waals surface area contributed by atoms with E-state index >= 15 is 0 Å². The summed E-state index contributed by atoms with van der Waals surface area (Å²) in [5.41, 5.74) is 2.00. The van der Waals surface area contributed by atoms with Gasteiger partial charge in [0.15, 0.2) is 0 Å². The molecule has 0 saturated carbocycles. The van der Waals surface area contributed by atoms with Crippen LogP contribution in [-0.2, 0) is 0 Å². The molecule has 26 heavy (non-hydrogen) atoms. The molecule has 1 amide bonds. The van der Waals surface area contributed by atoms with Crippen molar-refractivity contribution in [3.8, 4) is 0 Å². The molecule has 0 unspecified atom stereocenters. The number of halogens is 3. The number of amides is 1. The van der Waals surface area contributed by atoms with Crippen molar-refractivity contribution in [2.75, 3.05) is 13.1 Å². The molecule has 134 valence electrons. The first kappa shape index (κ1) is 17.3. The fourth-order valence-corrected chi connectivity index (χ4v) is 3.66. The van der Waals surface area contributed by atoms with E-state index in [1.54, 1.807) is 24.3 Å². The zero-order valence-corrected chi connectivity index (χ0v) is 15.3. The van der Waals surface area contributed by atoms with E-state index in [0.29, 0.717) is 34.2 Å². The molecule has 4 nitrogen and oxygen atoms in total. The Hall–Kier alpha value is -2.11. The van der Waals surface area contributed by atoms with Crippen LogP contribution >= 0.6 is 23.2 Å². The van der Waals surface area contributed by atoms with Gasteiger partial charge in [0, 0.05) is 24.6 Å². The Morgan fingerprint density at radius 3 is 2.62 bits per heavy atom. The lowest BCUT2D eigenvalue weighted by atomic mass is 9.95. The summed E-state index contributed by atoms with van der Waals surface area (Å²) in [5.74, 6) is 0.749. The average Bonchev–Trinajstić information content (AvgIpc) is 3.06. The van der Waals surface area contributed by atoms with Crippen molar-refractivity contribution in [2.24, 2.45) is 0 Å². The zero-order chi connectivity index (χ0) is 18.3. The Labute approximate surface area is 159 Å². The Morgan fingerprint density at radius 1 is 1.12 bits per heavy atom. The van der Waals surface area contributed by atoms with Crippen molar-refractivity contribution in [1.29, 1.82) is 0 Å². The number of fused-ring (bicyclic) bond motifs is 1. The van der Waals surface area contributed by atoms with Gasteiger partial charge >= 0.3 is 0 Å². The van der Waals surface area contributed by atoms with Crippen LogP contribution in [0.1, 0.15) is 34.9 Å². The predicted octanol–water partition coefficient (Wildman–Crippen LogP) is 5.03. The average molecular weight is 392 g/mol. The second kappa shape index (κ2) is 6.89. The quantitative estimate of drug-likeness (QED) is 0.665. The number of benzene rings is 2. The van der Waals surface area contributed by atoms with Crippen LogP contribution in [0.25, 0.3) is 11.0 Å². The van der Waals surface area contributed by atoms with Crippen LogP contribution in [0.3, 0.4) is 0 Å². The fraction of sp³-hybridized carbons (Fsp3) is 0.263. The van der Waals surface area contributed by atoms with Crippen molar-refractivity contribution >= 4 is 40.1 Å². The Morgan fingerprint density at radius 2 is 1.88 bits per heavy atom. The molecule has 0 spiro atoms. The maximum absolute atomic E-state index is 13.3. The van der Waals surface area contributed by atoms with E-state index in [4.69, 9.17) is 23.2 Å². The highest BCUT2D eigenvalue weighted by Gasteiger charge is 2.26. The lowest BCUT2D eigenvalue weighted by molar-refractivity contribution is 0.0711. The number of piperidine rings is 1. The van der Waals surface area contributed by atoms with Crippen molar-refractivity contribution in [3.63, 3.8) is 0 Å². The second-order valence-electron chi connectivity index (χ2n) is 6.48. The third-order valence-corrected chi connectivity index (χ3v) is 5.54. The molecular weight excluding hydrogens is 376 g/mol. The highest BCUT2D eigenvalue weighted by molar-refractivity contribution is 6.42. The summed E-state index contributed by atoms with van der Waals surface area (Å²) in [6, 6.07) is 9.47. The number of hydrogen-bond donors (Lipinski definition) is 1. The molecule has 1 aromatic heterocycles. The van der Waals surface area contributed by atoms with E-state index in [1.165, 1.54) is 12.1 Å². The van der Waals surface area contributed by atoms with E-state index in [-0.39, 0.29) is 17.6 Å². The third kappa shape index (κ3) is 3.29. The van der Waals surface area contributed by atoms with Gasteiger partial charge in [-0.2, -0.15) is 0 Å². The summed E-state index contributed by atoms with van der Waals surface area (Å²) in [7, 11) is 0. The predicted molar refractivity (Wildman–Crippen MR) is 100 cm³/mol. The van der Waals surface area contributed by atoms with Crippen molar-refractivity contribution in [3.05, 3.63) is 63.6 Å². The summed E-state index contributed by atoms with van der Waals surface area (Å²) >= 11 is 11.9. The van der Waals surface area contributed by atoms with E-state index < -0.39 is 0 Å². The van der Waals surface area contributed by atoms with Gasteiger partial charge in [-0.05, 0) is 49.2 Å². The number of likely N-dealkylation sites (tertiary alicyclic amines) is 1. The molecule has 1 aliphatic heterocycles. The van der Waals surface area contributed by atoms with Gasteiger partial charge in [-0.1, -0.05) is 23.2 Å².